The molecule has 0 radical (unpaired) electrons. The summed E-state index contributed by atoms with van der Waals surface area (Å²) in [6, 6.07) is 16.6. The number of nitrogens with zero attached hydrogens (tertiary/aromatic N) is 1. The first-order chi connectivity index (χ1) is 13.0. The van der Waals surface area contributed by atoms with E-state index in [1.807, 2.05) is 68.4 Å². The molecule has 7 heteroatoms. The SMILES string of the molecule is Cc1ccc(NC(=O)Nc2nc(C(=O)NC(C)c3ccccc3)cs2)cc1. The number of carbonyl (C=O) groups excluding carboxylic acids is 2. The van der Waals surface area contributed by atoms with Crippen molar-refractivity contribution in [2.75, 3.05) is 10.6 Å². The number of aryl methyl sites for hydroxylation is 1. The number of benzene rings is 2. The van der Waals surface area contributed by atoms with Gasteiger partial charge in [-0.2, -0.15) is 0 Å². The van der Waals surface area contributed by atoms with E-state index < -0.39 is 6.03 Å². The highest BCUT2D eigenvalue weighted by atomic mass is 32.1. The lowest BCUT2D eigenvalue weighted by Gasteiger charge is -2.13. The van der Waals surface area contributed by atoms with Crippen molar-refractivity contribution in [2.24, 2.45) is 0 Å². The van der Waals surface area contributed by atoms with Gasteiger partial charge in [0.15, 0.2) is 5.13 Å². The van der Waals surface area contributed by atoms with Crippen molar-refractivity contribution in [1.82, 2.24) is 10.3 Å². The van der Waals surface area contributed by atoms with Gasteiger partial charge < -0.3 is 10.6 Å². The smallest absolute Gasteiger partial charge is 0.325 e. The number of carbonyl (C=O) groups is 2. The first-order valence-electron chi connectivity index (χ1n) is 8.47. The van der Waals surface area contributed by atoms with E-state index in [2.05, 4.69) is 20.9 Å². The van der Waals surface area contributed by atoms with Crippen LogP contribution in [-0.4, -0.2) is 16.9 Å². The number of hydrogen-bond acceptors (Lipinski definition) is 4. The molecule has 1 heterocycles. The molecule has 1 unspecified atom stereocenters. The molecule has 2 aromatic carbocycles. The normalized spacial score (nSPS) is 11.5. The van der Waals surface area contributed by atoms with Crippen molar-refractivity contribution < 1.29 is 9.59 Å². The van der Waals surface area contributed by atoms with E-state index in [4.69, 9.17) is 0 Å². The third-order valence-corrected chi connectivity index (χ3v) is 4.67. The molecule has 3 aromatic rings. The average Bonchev–Trinajstić information content (AvgIpc) is 3.13. The van der Waals surface area contributed by atoms with Crippen LogP contribution in [0, 0.1) is 6.92 Å². The second kappa shape index (κ2) is 8.46. The molecule has 3 rings (SSSR count). The number of thiazole rings is 1. The maximum absolute atomic E-state index is 12.4. The van der Waals surface area contributed by atoms with E-state index in [0.717, 1.165) is 11.1 Å². The number of urea groups is 1. The Morgan fingerprint density at radius 1 is 1.00 bits per heavy atom. The largest absolute Gasteiger partial charge is 0.344 e. The average molecular weight is 380 g/mol. The molecule has 0 bridgehead atoms. The van der Waals surface area contributed by atoms with Crippen LogP contribution >= 0.6 is 11.3 Å². The fourth-order valence-corrected chi connectivity index (χ4v) is 3.11. The topological polar surface area (TPSA) is 83.1 Å². The van der Waals surface area contributed by atoms with Crippen molar-refractivity contribution in [3.63, 3.8) is 0 Å². The van der Waals surface area contributed by atoms with Crippen LogP contribution in [0.25, 0.3) is 0 Å². The first-order valence-corrected chi connectivity index (χ1v) is 9.35. The number of hydrogen-bond donors (Lipinski definition) is 3. The van der Waals surface area contributed by atoms with Crippen molar-refractivity contribution in [3.05, 3.63) is 76.8 Å². The summed E-state index contributed by atoms with van der Waals surface area (Å²) in [6.45, 7) is 3.89. The van der Waals surface area contributed by atoms with E-state index in [1.165, 1.54) is 11.3 Å². The quantitative estimate of drug-likeness (QED) is 0.605. The van der Waals surface area contributed by atoms with Crippen molar-refractivity contribution in [3.8, 4) is 0 Å². The van der Waals surface area contributed by atoms with Gasteiger partial charge in [-0.15, -0.1) is 11.3 Å². The van der Waals surface area contributed by atoms with Gasteiger partial charge in [-0.3, -0.25) is 10.1 Å². The molecule has 0 fully saturated rings. The van der Waals surface area contributed by atoms with Crippen LogP contribution < -0.4 is 16.0 Å². The summed E-state index contributed by atoms with van der Waals surface area (Å²) < 4.78 is 0. The van der Waals surface area contributed by atoms with Gasteiger partial charge in [-0.05, 0) is 31.5 Å². The van der Waals surface area contributed by atoms with Gasteiger partial charge in [0.25, 0.3) is 5.91 Å². The maximum Gasteiger partial charge on any atom is 0.325 e. The van der Waals surface area contributed by atoms with Crippen LogP contribution in [0.3, 0.4) is 0 Å². The molecule has 0 aliphatic carbocycles. The third kappa shape index (κ3) is 5.15. The third-order valence-electron chi connectivity index (χ3n) is 3.91. The van der Waals surface area contributed by atoms with Crippen molar-refractivity contribution >= 4 is 34.1 Å². The highest BCUT2D eigenvalue weighted by Gasteiger charge is 2.15. The Kier molecular flexibility index (Phi) is 5.83. The van der Waals surface area contributed by atoms with Gasteiger partial charge in [-0.1, -0.05) is 48.0 Å². The molecular weight excluding hydrogens is 360 g/mol. The number of amides is 3. The molecule has 0 spiro atoms. The molecular formula is C20H20N4O2S. The highest BCUT2D eigenvalue weighted by Crippen LogP contribution is 2.18. The van der Waals surface area contributed by atoms with E-state index in [-0.39, 0.29) is 17.6 Å². The molecule has 3 amide bonds. The molecule has 1 atom stereocenters. The zero-order valence-electron chi connectivity index (χ0n) is 15.0. The monoisotopic (exact) mass is 380 g/mol. The molecule has 0 aliphatic rings. The molecule has 27 heavy (non-hydrogen) atoms. The Hall–Kier alpha value is -3.19. The summed E-state index contributed by atoms with van der Waals surface area (Å²) >= 11 is 1.20. The van der Waals surface area contributed by atoms with Gasteiger partial charge in [0.05, 0.1) is 6.04 Å². The predicted octanol–water partition coefficient (Wildman–Crippen LogP) is 4.59. The summed E-state index contributed by atoms with van der Waals surface area (Å²) in [5, 5.41) is 10.2. The number of nitrogens with one attached hydrogen (secondary N) is 3. The zero-order chi connectivity index (χ0) is 19.2. The van der Waals surface area contributed by atoms with Crippen LogP contribution in [0.15, 0.2) is 60.0 Å². The van der Waals surface area contributed by atoms with Crippen LogP contribution in [0.4, 0.5) is 15.6 Å². The van der Waals surface area contributed by atoms with Crippen molar-refractivity contribution in [1.29, 1.82) is 0 Å². The standard InChI is InChI=1S/C20H20N4O2S/c1-13-8-10-16(11-9-13)22-19(26)24-20-23-17(12-27-20)18(25)21-14(2)15-6-4-3-5-7-15/h3-12,14H,1-2H3,(H,21,25)(H2,22,23,24,26). The Labute approximate surface area is 161 Å². The Morgan fingerprint density at radius 2 is 1.70 bits per heavy atom. The van der Waals surface area contributed by atoms with Crippen molar-refractivity contribution in [2.45, 2.75) is 19.9 Å². The molecule has 1 aromatic heterocycles. The number of aromatic nitrogens is 1. The van der Waals surface area contributed by atoms with Gasteiger partial charge >= 0.3 is 6.03 Å². The maximum atomic E-state index is 12.4. The molecule has 0 aliphatic heterocycles. The summed E-state index contributed by atoms with van der Waals surface area (Å²) in [5.41, 5.74) is 3.08. The molecule has 6 nitrogen and oxygen atoms in total. The lowest BCUT2D eigenvalue weighted by atomic mass is 10.1. The Bertz CT molecular complexity index is 923. The van der Waals surface area contributed by atoms with Crippen LogP contribution in [0.5, 0.6) is 0 Å². The summed E-state index contributed by atoms with van der Waals surface area (Å²) in [6.07, 6.45) is 0. The fraction of sp³-hybridized carbons (Fsp3) is 0.150. The summed E-state index contributed by atoms with van der Waals surface area (Å²) in [4.78, 5) is 28.6. The van der Waals surface area contributed by atoms with Gasteiger partial charge in [0.2, 0.25) is 0 Å². The Morgan fingerprint density at radius 3 is 2.41 bits per heavy atom. The summed E-state index contributed by atoms with van der Waals surface area (Å²) in [5.74, 6) is -0.283. The molecule has 0 saturated heterocycles. The van der Waals surface area contributed by atoms with E-state index >= 15 is 0 Å². The van der Waals surface area contributed by atoms with Gasteiger partial charge in [-0.25, -0.2) is 9.78 Å². The molecule has 3 N–H and O–H groups in total. The molecule has 138 valence electrons. The second-order valence-electron chi connectivity index (χ2n) is 6.09. The minimum Gasteiger partial charge on any atom is -0.344 e. The number of rotatable bonds is 5. The second-order valence-corrected chi connectivity index (χ2v) is 6.95. The predicted molar refractivity (Wildman–Crippen MR) is 108 cm³/mol. The lowest BCUT2D eigenvalue weighted by molar-refractivity contribution is 0.0935. The summed E-state index contributed by atoms with van der Waals surface area (Å²) in [7, 11) is 0. The minimum absolute atomic E-state index is 0.137. The number of anilines is 2. The van der Waals surface area contributed by atoms with Crippen LogP contribution in [0.2, 0.25) is 0 Å². The zero-order valence-corrected chi connectivity index (χ0v) is 15.8. The van der Waals surface area contributed by atoms with Crippen LogP contribution in [0.1, 0.15) is 34.6 Å². The molecule has 0 saturated carbocycles. The highest BCUT2D eigenvalue weighted by molar-refractivity contribution is 7.14. The minimum atomic E-state index is -0.405. The lowest BCUT2D eigenvalue weighted by Crippen LogP contribution is -2.27. The van der Waals surface area contributed by atoms with Gasteiger partial charge in [0, 0.05) is 11.1 Å². The van der Waals surface area contributed by atoms with Crippen LogP contribution in [-0.2, 0) is 0 Å². The fourth-order valence-electron chi connectivity index (χ4n) is 2.43. The van der Waals surface area contributed by atoms with Gasteiger partial charge in [0.1, 0.15) is 5.69 Å². The Balaban J connectivity index is 1.56. The first kappa shape index (κ1) is 18.6. The van der Waals surface area contributed by atoms with E-state index in [9.17, 15) is 9.59 Å². The van der Waals surface area contributed by atoms with E-state index in [1.54, 1.807) is 5.38 Å². The van der Waals surface area contributed by atoms with E-state index in [0.29, 0.717) is 10.8 Å².